The summed E-state index contributed by atoms with van der Waals surface area (Å²) in [5.74, 6) is -1.51. The van der Waals surface area contributed by atoms with Crippen LogP contribution in [0, 0.1) is 10.8 Å². The standard InChI is InChI=1S/C47H48O5/c1-24-33(44(2,3)4)20-27(21-34(24)45(5,6)7)37-39(48)29-16-14-25(18-31(29)41(37)50)26-15-17-30-32(19-26)42(51)38(40(30)49)28-22-35(46(8,9)10)43(52)36(23-28)47(11,12)13/h14-23H,1H2,2-13H3. The third-order valence-corrected chi connectivity index (χ3v) is 10.4. The molecule has 0 aliphatic heterocycles. The second-order valence-corrected chi connectivity index (χ2v) is 18.5. The molecular formula is C47H48O5. The maximum absolute atomic E-state index is 14.1. The van der Waals surface area contributed by atoms with Crippen LogP contribution >= 0.6 is 0 Å². The zero-order chi connectivity index (χ0) is 38.6. The lowest BCUT2D eigenvalue weighted by Gasteiger charge is -2.31. The molecule has 0 saturated carbocycles. The minimum absolute atomic E-state index is 0.0506. The fourth-order valence-corrected chi connectivity index (χ4v) is 7.53. The third kappa shape index (κ3) is 5.94. The van der Waals surface area contributed by atoms with Gasteiger partial charge in [0, 0.05) is 33.4 Å². The predicted octanol–water partition coefficient (Wildman–Crippen LogP) is 8.79. The Morgan fingerprint density at radius 1 is 0.423 bits per heavy atom. The molecule has 3 aliphatic carbocycles. The van der Waals surface area contributed by atoms with Gasteiger partial charge in [-0.05, 0) is 108 Å². The number of benzene rings is 3. The Labute approximate surface area is 306 Å². The van der Waals surface area contributed by atoms with Gasteiger partial charge >= 0.3 is 0 Å². The first-order valence-electron chi connectivity index (χ1n) is 17.9. The molecule has 0 N–H and O–H groups in total. The summed E-state index contributed by atoms with van der Waals surface area (Å²) in [5, 5.41) is 1.51. The van der Waals surface area contributed by atoms with E-state index in [-0.39, 0.29) is 50.7 Å². The minimum Gasteiger partial charge on any atom is -0.289 e. The van der Waals surface area contributed by atoms with Crippen LogP contribution in [0.15, 0.2) is 83.0 Å². The van der Waals surface area contributed by atoms with Crippen molar-refractivity contribution in [1.82, 2.24) is 0 Å². The normalized spacial score (nSPS) is 16.8. The molecule has 3 aromatic rings. The molecule has 6 rings (SSSR count). The van der Waals surface area contributed by atoms with Gasteiger partial charge in [-0.15, -0.1) is 0 Å². The van der Waals surface area contributed by atoms with Gasteiger partial charge < -0.3 is 0 Å². The first-order chi connectivity index (χ1) is 23.8. The van der Waals surface area contributed by atoms with Crippen LogP contribution in [0.2, 0.25) is 0 Å². The Morgan fingerprint density at radius 2 is 0.788 bits per heavy atom. The van der Waals surface area contributed by atoms with E-state index in [4.69, 9.17) is 0 Å². The number of carbonyl (C=O) groups is 5. The van der Waals surface area contributed by atoms with Crippen LogP contribution in [0.1, 0.15) is 136 Å². The minimum atomic E-state index is -0.498. The molecule has 0 radical (unpaired) electrons. The second kappa shape index (κ2) is 11.7. The van der Waals surface area contributed by atoms with Gasteiger partial charge in [0.2, 0.25) is 0 Å². The van der Waals surface area contributed by atoms with E-state index in [2.05, 4.69) is 48.1 Å². The smallest absolute Gasteiger partial charge is 0.198 e. The van der Waals surface area contributed by atoms with Crippen molar-refractivity contribution in [2.45, 2.75) is 93.9 Å². The van der Waals surface area contributed by atoms with Crippen molar-refractivity contribution in [2.75, 3.05) is 0 Å². The lowest BCUT2D eigenvalue weighted by atomic mass is 9.71. The fraction of sp³-hybridized carbons (Fsp3) is 0.340. The summed E-state index contributed by atoms with van der Waals surface area (Å²) in [4.78, 5) is 69.4. The van der Waals surface area contributed by atoms with Crippen LogP contribution in [0.5, 0.6) is 0 Å². The zero-order valence-corrected chi connectivity index (χ0v) is 32.5. The Hall–Kier alpha value is -5.03. The highest BCUT2D eigenvalue weighted by molar-refractivity contribution is 6.56. The molecule has 0 amide bonds. The number of ketones is 5. The van der Waals surface area contributed by atoms with Crippen molar-refractivity contribution < 1.29 is 24.0 Å². The average molecular weight is 693 g/mol. The predicted molar refractivity (Wildman–Crippen MR) is 208 cm³/mol. The number of Topliss-reactive ketones (excluding diaryl/α,β-unsaturated/α-hetero) is 5. The van der Waals surface area contributed by atoms with Crippen molar-refractivity contribution in [1.29, 1.82) is 0 Å². The van der Waals surface area contributed by atoms with E-state index in [0.29, 0.717) is 49.8 Å². The van der Waals surface area contributed by atoms with Gasteiger partial charge in [0.15, 0.2) is 28.9 Å². The molecule has 0 bridgehead atoms. The van der Waals surface area contributed by atoms with E-state index in [0.717, 1.165) is 16.3 Å². The monoisotopic (exact) mass is 692 g/mol. The number of fused-ring (bicyclic) bond motifs is 2. The first kappa shape index (κ1) is 36.8. The molecule has 0 heterocycles. The van der Waals surface area contributed by atoms with Gasteiger partial charge in [-0.25, -0.2) is 0 Å². The molecule has 0 aromatic heterocycles. The van der Waals surface area contributed by atoms with Gasteiger partial charge in [0.1, 0.15) is 0 Å². The topological polar surface area (TPSA) is 85.3 Å². The first-order valence-corrected chi connectivity index (χ1v) is 17.9. The lowest BCUT2D eigenvalue weighted by molar-refractivity contribution is -0.114. The summed E-state index contributed by atoms with van der Waals surface area (Å²) in [6, 6.07) is 14.1. The van der Waals surface area contributed by atoms with Crippen molar-refractivity contribution >= 4 is 41.1 Å². The highest BCUT2D eigenvalue weighted by Crippen LogP contribution is 2.42. The van der Waals surface area contributed by atoms with Crippen molar-refractivity contribution in [3.63, 3.8) is 0 Å². The molecule has 0 saturated heterocycles. The maximum atomic E-state index is 14.1. The molecule has 0 spiro atoms. The molecule has 52 heavy (non-hydrogen) atoms. The van der Waals surface area contributed by atoms with E-state index >= 15 is 0 Å². The lowest BCUT2D eigenvalue weighted by Crippen LogP contribution is -2.34. The summed E-state index contributed by atoms with van der Waals surface area (Å²) < 4.78 is 0. The summed E-state index contributed by atoms with van der Waals surface area (Å²) in [6.07, 6.45) is 3.40. The summed E-state index contributed by atoms with van der Waals surface area (Å²) in [5.41, 5.74) is 4.72. The second-order valence-electron chi connectivity index (χ2n) is 18.5. The van der Waals surface area contributed by atoms with Crippen LogP contribution in [-0.4, -0.2) is 28.9 Å². The number of allylic oxidation sites excluding steroid dienone is 6. The van der Waals surface area contributed by atoms with Gasteiger partial charge in [-0.3, -0.25) is 24.0 Å². The fourth-order valence-electron chi connectivity index (χ4n) is 7.53. The SMILES string of the molecule is C=c1c(C(C)(C)C)cc(=C2C(=O)c3ccc(-c4ccc5c(c4)C(=O)C(=C4C=C(C(C)(C)C)C(=O)C(C(C)(C)C)=C4)C5=O)cc3C2=O)cc1C(C)(C)C. The molecule has 5 nitrogen and oxygen atoms in total. The Kier molecular flexibility index (Phi) is 8.30. The van der Waals surface area contributed by atoms with E-state index in [1.54, 1.807) is 48.6 Å². The molecular weight excluding hydrogens is 645 g/mol. The summed E-state index contributed by atoms with van der Waals surface area (Å²) in [6.45, 7) is 28.7. The molecule has 0 unspecified atom stereocenters. The van der Waals surface area contributed by atoms with Crippen LogP contribution < -0.4 is 10.4 Å². The Balaban J connectivity index is 1.45. The third-order valence-electron chi connectivity index (χ3n) is 10.4. The largest absolute Gasteiger partial charge is 0.289 e. The number of rotatable bonds is 1. The molecule has 5 heteroatoms. The van der Waals surface area contributed by atoms with Gasteiger partial charge in [-0.2, -0.15) is 0 Å². The van der Waals surface area contributed by atoms with Crippen LogP contribution in [0.4, 0.5) is 0 Å². The van der Waals surface area contributed by atoms with Crippen LogP contribution in [0.3, 0.4) is 0 Å². The van der Waals surface area contributed by atoms with Gasteiger partial charge in [0.25, 0.3) is 0 Å². The highest BCUT2D eigenvalue weighted by atomic mass is 16.2. The number of carbonyl (C=O) groups excluding carboxylic acids is 5. The Morgan fingerprint density at radius 3 is 1.17 bits per heavy atom. The summed E-state index contributed by atoms with van der Waals surface area (Å²) >= 11 is 0. The van der Waals surface area contributed by atoms with Crippen molar-refractivity contribution in [3.05, 3.63) is 127 Å². The number of hydrogen-bond donors (Lipinski definition) is 0. The Bertz CT molecular complexity index is 2330. The zero-order valence-electron chi connectivity index (χ0n) is 32.5. The molecule has 3 aliphatic rings. The average Bonchev–Trinajstić information content (AvgIpc) is 3.42. The van der Waals surface area contributed by atoms with E-state index < -0.39 is 16.6 Å². The molecule has 0 atom stereocenters. The van der Waals surface area contributed by atoms with E-state index in [1.807, 2.05) is 53.7 Å². The molecule has 266 valence electrons. The maximum Gasteiger partial charge on any atom is 0.198 e. The van der Waals surface area contributed by atoms with Gasteiger partial charge in [0.05, 0.1) is 11.1 Å². The summed E-state index contributed by atoms with van der Waals surface area (Å²) in [7, 11) is 0. The van der Waals surface area contributed by atoms with Crippen LogP contribution in [0.25, 0.3) is 23.3 Å². The van der Waals surface area contributed by atoms with E-state index in [9.17, 15) is 24.0 Å². The van der Waals surface area contributed by atoms with Crippen LogP contribution in [-0.2, 0) is 15.6 Å². The highest BCUT2D eigenvalue weighted by Gasteiger charge is 2.40. The number of hydrogen-bond acceptors (Lipinski definition) is 5. The quantitative estimate of drug-likeness (QED) is 0.188. The van der Waals surface area contributed by atoms with E-state index in [1.165, 1.54) is 0 Å². The van der Waals surface area contributed by atoms with Crippen molar-refractivity contribution in [3.8, 4) is 11.1 Å². The van der Waals surface area contributed by atoms with Crippen molar-refractivity contribution in [2.24, 2.45) is 10.8 Å². The molecule has 0 fully saturated rings. The molecule has 3 aromatic carbocycles. The van der Waals surface area contributed by atoms with Gasteiger partial charge in [-0.1, -0.05) is 102 Å².